The van der Waals surface area contributed by atoms with Crippen LogP contribution >= 0.6 is 0 Å². The van der Waals surface area contributed by atoms with Crippen molar-refractivity contribution in [2.75, 3.05) is 10.0 Å². The second-order valence-electron chi connectivity index (χ2n) is 6.03. The molecule has 0 aliphatic carbocycles. The highest BCUT2D eigenvalue weighted by Gasteiger charge is 2.19. The molecule has 9 nitrogen and oxygen atoms in total. The number of nitro groups is 1. The maximum atomic E-state index is 12.5. The van der Waals surface area contributed by atoms with Gasteiger partial charge in [0, 0.05) is 29.1 Å². The van der Waals surface area contributed by atoms with E-state index in [0.717, 1.165) is 0 Å². The number of rotatable bonds is 6. The molecule has 10 heteroatoms. The number of nitro benzene ring substituents is 1. The van der Waals surface area contributed by atoms with Crippen molar-refractivity contribution >= 4 is 33.0 Å². The largest absolute Gasteiger partial charge is 0.322 e. The molecule has 0 aliphatic heterocycles. The van der Waals surface area contributed by atoms with Gasteiger partial charge in [0.05, 0.1) is 21.7 Å². The predicted octanol–water partition coefficient (Wildman–Crippen LogP) is 3.35. The summed E-state index contributed by atoms with van der Waals surface area (Å²) in [5, 5.41) is 13.6. The van der Waals surface area contributed by atoms with Crippen LogP contribution in [0.3, 0.4) is 0 Å². The number of hydrogen-bond acceptors (Lipinski definition) is 6. The summed E-state index contributed by atoms with van der Waals surface area (Å²) in [6.07, 6.45) is 2.91. The third kappa shape index (κ3) is 4.55. The van der Waals surface area contributed by atoms with Crippen LogP contribution in [-0.4, -0.2) is 24.2 Å². The maximum absolute atomic E-state index is 12.5. The number of nitrogens with zero attached hydrogens (tertiary/aromatic N) is 2. The summed E-state index contributed by atoms with van der Waals surface area (Å²) in [6, 6.07) is 13.0. The van der Waals surface area contributed by atoms with Gasteiger partial charge < -0.3 is 5.32 Å². The molecule has 0 aliphatic rings. The molecule has 1 amide bonds. The number of carbonyl (C=O) groups excluding carboxylic acids is 1. The monoisotopic (exact) mass is 412 g/mol. The number of anilines is 2. The van der Waals surface area contributed by atoms with Crippen molar-refractivity contribution in [3.05, 3.63) is 88.2 Å². The van der Waals surface area contributed by atoms with Crippen molar-refractivity contribution in [3.8, 4) is 0 Å². The summed E-state index contributed by atoms with van der Waals surface area (Å²) in [5.74, 6) is -0.532. The summed E-state index contributed by atoms with van der Waals surface area (Å²) in [6.45, 7) is 1.49. The van der Waals surface area contributed by atoms with Crippen molar-refractivity contribution < 1.29 is 18.1 Å². The first-order valence-corrected chi connectivity index (χ1v) is 9.84. The number of aromatic nitrogens is 1. The highest BCUT2D eigenvalue weighted by Crippen LogP contribution is 2.23. The number of benzene rings is 2. The lowest BCUT2D eigenvalue weighted by Gasteiger charge is -2.10. The zero-order valence-corrected chi connectivity index (χ0v) is 16.0. The van der Waals surface area contributed by atoms with Gasteiger partial charge >= 0.3 is 0 Å². The minimum Gasteiger partial charge on any atom is -0.322 e. The molecule has 0 saturated carbocycles. The average molecular weight is 412 g/mol. The van der Waals surface area contributed by atoms with Crippen molar-refractivity contribution in [2.24, 2.45) is 0 Å². The van der Waals surface area contributed by atoms with Crippen LogP contribution in [0.4, 0.5) is 17.1 Å². The normalized spacial score (nSPS) is 10.9. The van der Waals surface area contributed by atoms with Gasteiger partial charge in [-0.25, -0.2) is 8.42 Å². The van der Waals surface area contributed by atoms with Crippen molar-refractivity contribution in [1.29, 1.82) is 0 Å². The van der Waals surface area contributed by atoms with E-state index in [9.17, 15) is 23.3 Å². The Morgan fingerprint density at radius 3 is 2.38 bits per heavy atom. The van der Waals surface area contributed by atoms with E-state index in [1.807, 2.05) is 0 Å². The number of hydrogen-bond donors (Lipinski definition) is 2. The molecule has 0 fully saturated rings. The molecule has 29 heavy (non-hydrogen) atoms. The van der Waals surface area contributed by atoms with Gasteiger partial charge in [-0.2, -0.15) is 0 Å². The molecular weight excluding hydrogens is 396 g/mol. The first kappa shape index (κ1) is 20.0. The number of amides is 1. The van der Waals surface area contributed by atoms with Crippen LogP contribution in [0.5, 0.6) is 0 Å². The fraction of sp³-hybridized carbons (Fsp3) is 0.0526. The second-order valence-corrected chi connectivity index (χ2v) is 7.71. The number of nitrogens with one attached hydrogen (secondary N) is 2. The molecule has 0 bridgehead atoms. The van der Waals surface area contributed by atoms with E-state index < -0.39 is 20.9 Å². The van der Waals surface area contributed by atoms with Gasteiger partial charge in [-0.3, -0.25) is 24.6 Å². The minimum absolute atomic E-state index is 0.00545. The smallest absolute Gasteiger partial charge is 0.273 e. The van der Waals surface area contributed by atoms with Gasteiger partial charge in [0.15, 0.2) is 0 Å². The average Bonchev–Trinajstić information content (AvgIpc) is 2.68. The maximum Gasteiger partial charge on any atom is 0.273 e. The molecule has 1 heterocycles. The quantitative estimate of drug-likeness (QED) is 0.471. The van der Waals surface area contributed by atoms with Gasteiger partial charge in [-0.05, 0) is 49.4 Å². The molecule has 0 unspecified atom stereocenters. The Bertz CT molecular complexity index is 1160. The van der Waals surface area contributed by atoms with Gasteiger partial charge in [0.25, 0.3) is 21.6 Å². The SMILES string of the molecule is Cc1c(C(=O)Nc2ccc(S(=O)(=O)Nc3cccnc3)cc2)cccc1[N+](=O)[O-]. The zero-order valence-electron chi connectivity index (χ0n) is 15.2. The number of sulfonamides is 1. The van der Waals surface area contributed by atoms with Crippen LogP contribution in [0.25, 0.3) is 0 Å². The Morgan fingerprint density at radius 1 is 1.03 bits per heavy atom. The highest BCUT2D eigenvalue weighted by atomic mass is 32.2. The van der Waals surface area contributed by atoms with E-state index in [1.165, 1.54) is 61.8 Å². The van der Waals surface area contributed by atoms with E-state index in [1.54, 1.807) is 12.1 Å². The Hall–Kier alpha value is -3.79. The summed E-state index contributed by atoms with van der Waals surface area (Å²) in [5.41, 5.74) is 0.928. The van der Waals surface area contributed by atoms with E-state index in [0.29, 0.717) is 11.4 Å². The molecule has 0 spiro atoms. The van der Waals surface area contributed by atoms with E-state index in [-0.39, 0.29) is 21.7 Å². The first-order valence-electron chi connectivity index (χ1n) is 8.36. The van der Waals surface area contributed by atoms with Crippen molar-refractivity contribution in [1.82, 2.24) is 4.98 Å². The second kappa shape index (κ2) is 8.07. The van der Waals surface area contributed by atoms with E-state index in [4.69, 9.17) is 0 Å². The number of pyridine rings is 1. The third-order valence-electron chi connectivity index (χ3n) is 4.08. The third-order valence-corrected chi connectivity index (χ3v) is 5.48. The summed E-state index contributed by atoms with van der Waals surface area (Å²) >= 11 is 0. The van der Waals surface area contributed by atoms with Crippen LogP contribution in [0.15, 0.2) is 71.9 Å². The van der Waals surface area contributed by atoms with Gasteiger partial charge in [-0.1, -0.05) is 6.07 Å². The fourth-order valence-electron chi connectivity index (χ4n) is 2.62. The molecule has 0 atom stereocenters. The molecule has 3 aromatic rings. The molecule has 0 radical (unpaired) electrons. The Morgan fingerprint density at radius 2 is 1.76 bits per heavy atom. The highest BCUT2D eigenvalue weighted by molar-refractivity contribution is 7.92. The van der Waals surface area contributed by atoms with Crippen LogP contribution in [-0.2, 0) is 10.0 Å². The Balaban J connectivity index is 1.76. The number of carbonyl (C=O) groups is 1. The summed E-state index contributed by atoms with van der Waals surface area (Å²) in [4.78, 5) is 26.8. The van der Waals surface area contributed by atoms with Gasteiger partial charge in [0.1, 0.15) is 0 Å². The van der Waals surface area contributed by atoms with E-state index >= 15 is 0 Å². The molecule has 1 aromatic heterocycles. The standard InChI is InChI=1S/C19H16N4O5S/c1-13-17(5-2-6-18(13)23(25)26)19(24)21-14-7-9-16(10-8-14)29(27,28)22-15-4-3-11-20-12-15/h2-12,22H,1H3,(H,21,24). The lowest BCUT2D eigenvalue weighted by Crippen LogP contribution is -2.15. The molecule has 0 saturated heterocycles. The van der Waals surface area contributed by atoms with Crippen LogP contribution in [0.1, 0.15) is 15.9 Å². The zero-order chi connectivity index (χ0) is 21.0. The van der Waals surface area contributed by atoms with Crippen molar-refractivity contribution in [3.63, 3.8) is 0 Å². The summed E-state index contributed by atoms with van der Waals surface area (Å²) in [7, 11) is -3.81. The topological polar surface area (TPSA) is 131 Å². The molecule has 2 aromatic carbocycles. The van der Waals surface area contributed by atoms with Crippen LogP contribution in [0.2, 0.25) is 0 Å². The van der Waals surface area contributed by atoms with Gasteiger partial charge in [0.2, 0.25) is 0 Å². The van der Waals surface area contributed by atoms with Gasteiger partial charge in [-0.15, -0.1) is 0 Å². The summed E-state index contributed by atoms with van der Waals surface area (Å²) < 4.78 is 27.2. The lowest BCUT2D eigenvalue weighted by atomic mass is 10.1. The van der Waals surface area contributed by atoms with Crippen LogP contribution < -0.4 is 10.0 Å². The Kier molecular flexibility index (Phi) is 5.55. The molecule has 148 valence electrons. The van der Waals surface area contributed by atoms with Crippen molar-refractivity contribution in [2.45, 2.75) is 11.8 Å². The lowest BCUT2D eigenvalue weighted by molar-refractivity contribution is -0.385. The minimum atomic E-state index is -3.81. The molecular formula is C19H16N4O5S. The molecule has 2 N–H and O–H groups in total. The fourth-order valence-corrected chi connectivity index (χ4v) is 3.66. The Labute approximate surface area is 166 Å². The van der Waals surface area contributed by atoms with E-state index in [2.05, 4.69) is 15.0 Å². The predicted molar refractivity (Wildman–Crippen MR) is 107 cm³/mol. The van der Waals surface area contributed by atoms with Crippen LogP contribution in [0, 0.1) is 17.0 Å². The molecule has 3 rings (SSSR count). The first-order chi connectivity index (χ1) is 13.8.